The number of pyridine rings is 1. The average Bonchev–Trinajstić information content (AvgIpc) is 2.91. The second kappa shape index (κ2) is 6.44. The van der Waals surface area contributed by atoms with Gasteiger partial charge >= 0.3 is 0 Å². The van der Waals surface area contributed by atoms with Crippen molar-refractivity contribution in [3.05, 3.63) is 71.7 Å². The van der Waals surface area contributed by atoms with E-state index in [4.69, 9.17) is 0 Å². The minimum atomic E-state index is -0.266. The summed E-state index contributed by atoms with van der Waals surface area (Å²) in [5.41, 5.74) is 5.67. The van der Waals surface area contributed by atoms with E-state index >= 15 is 0 Å². The summed E-state index contributed by atoms with van der Waals surface area (Å²) in [4.78, 5) is 16.7. The number of hydrogen-bond donors (Lipinski definition) is 1. The van der Waals surface area contributed by atoms with E-state index < -0.39 is 0 Å². The summed E-state index contributed by atoms with van der Waals surface area (Å²) in [5, 5.41) is 4.09. The number of aryl methyl sites for hydroxylation is 1. The van der Waals surface area contributed by atoms with Gasteiger partial charge < -0.3 is 0 Å². The Kier molecular flexibility index (Phi) is 4.19. The zero-order valence-corrected chi connectivity index (χ0v) is 13.1. The Morgan fingerprint density at radius 2 is 1.96 bits per heavy atom. The van der Waals surface area contributed by atoms with Gasteiger partial charge in [-0.15, -0.1) is 0 Å². The Bertz CT molecular complexity index is 852. The minimum Gasteiger partial charge on any atom is -0.295 e. The molecule has 0 fully saturated rings. The zero-order chi connectivity index (χ0) is 16.2. The van der Waals surface area contributed by atoms with E-state index in [-0.39, 0.29) is 11.8 Å². The van der Waals surface area contributed by atoms with Gasteiger partial charge in [0.1, 0.15) is 11.3 Å². The van der Waals surface area contributed by atoms with Crippen LogP contribution in [0.4, 0.5) is 0 Å². The molecule has 1 amide bonds. The summed E-state index contributed by atoms with van der Waals surface area (Å²) in [6, 6.07) is 15.6. The topological polar surface area (TPSA) is 58.8 Å². The predicted molar refractivity (Wildman–Crippen MR) is 90.7 cm³/mol. The first kappa shape index (κ1) is 15.0. The molecule has 116 valence electrons. The first-order chi connectivity index (χ1) is 11.2. The van der Waals surface area contributed by atoms with Crippen LogP contribution in [0.3, 0.4) is 0 Å². The standard InChI is InChI=1S/C18H18N4O/c1-13(15-8-4-3-5-9-15)12-19-21-18(23)17-14(2)20-16-10-6-7-11-22(16)17/h3-13H,1-2H3,(H,21,23)/b19-12-/t13-/m1/s1. The van der Waals surface area contributed by atoms with Crippen LogP contribution >= 0.6 is 0 Å². The van der Waals surface area contributed by atoms with Crippen molar-refractivity contribution in [2.45, 2.75) is 19.8 Å². The molecule has 0 unspecified atom stereocenters. The number of hydrogen-bond acceptors (Lipinski definition) is 3. The highest BCUT2D eigenvalue weighted by Crippen LogP contribution is 2.13. The lowest BCUT2D eigenvalue weighted by Gasteiger charge is -2.05. The molecule has 23 heavy (non-hydrogen) atoms. The monoisotopic (exact) mass is 306 g/mol. The van der Waals surface area contributed by atoms with Crippen molar-refractivity contribution in [2.24, 2.45) is 5.10 Å². The Balaban J connectivity index is 1.74. The molecule has 1 N–H and O–H groups in total. The number of rotatable bonds is 4. The van der Waals surface area contributed by atoms with Gasteiger partial charge in [-0.25, -0.2) is 10.4 Å². The molecule has 5 nitrogen and oxygen atoms in total. The van der Waals surface area contributed by atoms with Crippen LogP contribution in [0.15, 0.2) is 59.8 Å². The van der Waals surface area contributed by atoms with Crippen LogP contribution in [0.2, 0.25) is 0 Å². The molecule has 0 aliphatic heterocycles. The fraction of sp³-hybridized carbons (Fsp3) is 0.167. The predicted octanol–water partition coefficient (Wildman–Crippen LogP) is 3.16. The van der Waals surface area contributed by atoms with Gasteiger partial charge in [-0.05, 0) is 24.6 Å². The van der Waals surface area contributed by atoms with Gasteiger partial charge in [-0.3, -0.25) is 9.20 Å². The van der Waals surface area contributed by atoms with Crippen LogP contribution < -0.4 is 5.43 Å². The molecule has 0 spiro atoms. The van der Waals surface area contributed by atoms with Crippen LogP contribution in [0.1, 0.15) is 34.6 Å². The van der Waals surface area contributed by atoms with Crippen molar-refractivity contribution in [2.75, 3.05) is 0 Å². The highest BCUT2D eigenvalue weighted by Gasteiger charge is 2.15. The van der Waals surface area contributed by atoms with Crippen molar-refractivity contribution >= 4 is 17.8 Å². The van der Waals surface area contributed by atoms with E-state index in [2.05, 4.69) is 15.5 Å². The number of aromatic nitrogens is 2. The number of nitrogens with zero attached hydrogens (tertiary/aromatic N) is 3. The number of nitrogens with one attached hydrogen (secondary N) is 1. The van der Waals surface area contributed by atoms with E-state index in [0.717, 1.165) is 11.2 Å². The maximum atomic E-state index is 12.4. The molecule has 3 rings (SSSR count). The van der Waals surface area contributed by atoms with Crippen molar-refractivity contribution in [3.8, 4) is 0 Å². The maximum absolute atomic E-state index is 12.4. The number of carbonyl (C=O) groups excluding carboxylic acids is 1. The summed E-state index contributed by atoms with van der Waals surface area (Å²) in [6.07, 6.45) is 3.55. The highest BCUT2D eigenvalue weighted by molar-refractivity contribution is 5.94. The van der Waals surface area contributed by atoms with E-state index in [1.54, 1.807) is 10.6 Å². The third-order valence-corrected chi connectivity index (χ3v) is 3.71. The molecule has 0 aliphatic rings. The largest absolute Gasteiger partial charge is 0.295 e. The van der Waals surface area contributed by atoms with Crippen LogP contribution in [0.25, 0.3) is 5.65 Å². The van der Waals surface area contributed by atoms with Gasteiger partial charge in [-0.1, -0.05) is 43.3 Å². The van der Waals surface area contributed by atoms with Crippen molar-refractivity contribution in [1.82, 2.24) is 14.8 Å². The van der Waals surface area contributed by atoms with E-state index in [0.29, 0.717) is 11.4 Å². The van der Waals surface area contributed by atoms with Gasteiger partial charge in [0.15, 0.2) is 0 Å². The summed E-state index contributed by atoms with van der Waals surface area (Å²) >= 11 is 0. The van der Waals surface area contributed by atoms with Gasteiger partial charge in [0.2, 0.25) is 0 Å². The van der Waals surface area contributed by atoms with E-state index in [9.17, 15) is 4.79 Å². The molecule has 0 radical (unpaired) electrons. The highest BCUT2D eigenvalue weighted by atomic mass is 16.2. The fourth-order valence-electron chi connectivity index (χ4n) is 2.49. The Morgan fingerprint density at radius 3 is 2.74 bits per heavy atom. The van der Waals surface area contributed by atoms with Crippen LogP contribution in [0, 0.1) is 6.92 Å². The van der Waals surface area contributed by atoms with Crippen LogP contribution in [0.5, 0.6) is 0 Å². The van der Waals surface area contributed by atoms with Crippen LogP contribution in [-0.4, -0.2) is 21.5 Å². The molecule has 3 aromatic rings. The minimum absolute atomic E-state index is 0.125. The Morgan fingerprint density at radius 1 is 1.22 bits per heavy atom. The molecule has 0 aliphatic carbocycles. The summed E-state index contributed by atoms with van der Waals surface area (Å²) in [5.74, 6) is -0.141. The van der Waals surface area contributed by atoms with Gasteiger partial charge in [-0.2, -0.15) is 5.10 Å². The van der Waals surface area contributed by atoms with Gasteiger partial charge in [0, 0.05) is 18.3 Å². The normalized spacial score (nSPS) is 12.6. The van der Waals surface area contributed by atoms with Crippen molar-refractivity contribution in [1.29, 1.82) is 0 Å². The first-order valence-electron chi connectivity index (χ1n) is 7.49. The molecule has 0 bridgehead atoms. The smallest absolute Gasteiger partial charge is 0.290 e. The lowest BCUT2D eigenvalue weighted by Crippen LogP contribution is -2.20. The number of amides is 1. The molecule has 5 heteroatoms. The van der Waals surface area contributed by atoms with Crippen LogP contribution in [-0.2, 0) is 0 Å². The summed E-state index contributed by atoms with van der Waals surface area (Å²) in [6.45, 7) is 3.85. The lowest BCUT2D eigenvalue weighted by atomic mass is 10.0. The SMILES string of the molecule is Cc1nc2ccccn2c1C(=O)N/N=C\[C@@H](C)c1ccccc1. The quantitative estimate of drug-likeness (QED) is 0.594. The molecule has 2 heterocycles. The number of fused-ring (bicyclic) bond motifs is 1. The number of imidazole rings is 1. The molecular weight excluding hydrogens is 288 g/mol. The van der Waals surface area contributed by atoms with E-state index in [1.807, 2.05) is 68.6 Å². The third-order valence-electron chi connectivity index (χ3n) is 3.71. The lowest BCUT2D eigenvalue weighted by molar-refractivity contribution is 0.0948. The number of benzene rings is 1. The molecule has 1 atom stereocenters. The molecule has 0 saturated carbocycles. The van der Waals surface area contributed by atoms with Crippen molar-refractivity contribution < 1.29 is 4.79 Å². The second-order valence-corrected chi connectivity index (χ2v) is 5.39. The Hall–Kier alpha value is -2.95. The summed E-state index contributed by atoms with van der Waals surface area (Å²) in [7, 11) is 0. The number of carbonyl (C=O) groups is 1. The first-order valence-corrected chi connectivity index (χ1v) is 7.49. The Labute approximate surface area is 134 Å². The average molecular weight is 306 g/mol. The zero-order valence-electron chi connectivity index (χ0n) is 13.1. The molecule has 1 aromatic carbocycles. The second-order valence-electron chi connectivity index (χ2n) is 5.39. The van der Waals surface area contributed by atoms with Gasteiger partial charge in [0.25, 0.3) is 5.91 Å². The van der Waals surface area contributed by atoms with Crippen molar-refractivity contribution in [3.63, 3.8) is 0 Å². The van der Waals surface area contributed by atoms with E-state index in [1.165, 1.54) is 0 Å². The summed E-state index contributed by atoms with van der Waals surface area (Å²) < 4.78 is 1.76. The molecule has 0 saturated heterocycles. The number of hydrazone groups is 1. The fourth-order valence-corrected chi connectivity index (χ4v) is 2.49. The molecular formula is C18H18N4O. The third kappa shape index (κ3) is 3.13. The maximum Gasteiger partial charge on any atom is 0.290 e. The molecule has 2 aromatic heterocycles. The van der Waals surface area contributed by atoms with Gasteiger partial charge in [0.05, 0.1) is 5.69 Å².